The molecule has 2 rings (SSSR count). The van der Waals surface area contributed by atoms with Crippen LogP contribution in [0.5, 0.6) is 11.7 Å². The Morgan fingerprint density at radius 2 is 1.74 bits per heavy atom. The second-order valence-electron chi connectivity index (χ2n) is 3.83. The summed E-state index contributed by atoms with van der Waals surface area (Å²) in [6.45, 7) is 0. The molecule has 0 N–H and O–H groups in total. The molecule has 1 aromatic carbocycles. The highest BCUT2D eigenvalue weighted by molar-refractivity contribution is 5.67. The minimum Gasteiger partial charge on any atom is -0.497 e. The summed E-state index contributed by atoms with van der Waals surface area (Å²) >= 11 is 0. The highest BCUT2D eigenvalue weighted by atomic mass is 16.6. The summed E-state index contributed by atoms with van der Waals surface area (Å²) in [7, 11) is 3.07. The van der Waals surface area contributed by atoms with Crippen LogP contribution in [0.2, 0.25) is 0 Å². The summed E-state index contributed by atoms with van der Waals surface area (Å²) in [5.74, 6) is 1.44. The molecule has 0 radical (unpaired) electrons. The molecule has 0 aliphatic rings. The Hall–Kier alpha value is -2.49. The van der Waals surface area contributed by atoms with E-state index < -0.39 is 0 Å². The molecule has 0 aliphatic carbocycles. The monoisotopic (exact) mass is 258 g/mol. The average Bonchev–Trinajstić information content (AvgIpc) is 2.45. The standard InChI is InChI=1S/C15H14O4/c1-17-13-6-3-11(4-7-13)5-8-14-9-12(16)10-15(18-2)19-14/h3-10H,1-2H3. The molecule has 0 fully saturated rings. The Labute approximate surface area is 110 Å². The molecule has 2 aromatic rings. The number of ether oxygens (including phenoxy) is 2. The zero-order valence-electron chi connectivity index (χ0n) is 10.8. The van der Waals surface area contributed by atoms with E-state index in [9.17, 15) is 4.79 Å². The van der Waals surface area contributed by atoms with Gasteiger partial charge in [0.25, 0.3) is 5.95 Å². The molecule has 0 amide bonds. The van der Waals surface area contributed by atoms with E-state index in [1.165, 1.54) is 19.2 Å². The van der Waals surface area contributed by atoms with Crippen molar-refractivity contribution in [3.05, 3.63) is 57.9 Å². The maximum absolute atomic E-state index is 11.4. The third kappa shape index (κ3) is 3.48. The van der Waals surface area contributed by atoms with Gasteiger partial charge in [-0.2, -0.15) is 0 Å². The van der Waals surface area contributed by atoms with Crippen LogP contribution in [0.15, 0.2) is 45.6 Å². The van der Waals surface area contributed by atoms with Crippen molar-refractivity contribution in [1.29, 1.82) is 0 Å². The van der Waals surface area contributed by atoms with E-state index in [-0.39, 0.29) is 11.4 Å². The zero-order chi connectivity index (χ0) is 13.7. The smallest absolute Gasteiger partial charge is 0.288 e. The summed E-state index contributed by atoms with van der Waals surface area (Å²) in [5, 5.41) is 0. The van der Waals surface area contributed by atoms with Gasteiger partial charge in [0, 0.05) is 6.07 Å². The lowest BCUT2D eigenvalue weighted by Crippen LogP contribution is -1.98. The quantitative estimate of drug-likeness (QED) is 0.846. The van der Waals surface area contributed by atoms with E-state index in [0.29, 0.717) is 5.76 Å². The number of benzene rings is 1. The minimum absolute atomic E-state index is 0.155. The Balaban J connectivity index is 2.21. The van der Waals surface area contributed by atoms with Crippen molar-refractivity contribution in [1.82, 2.24) is 0 Å². The minimum atomic E-state index is -0.155. The van der Waals surface area contributed by atoms with Crippen molar-refractivity contribution >= 4 is 12.2 Å². The van der Waals surface area contributed by atoms with E-state index in [1.54, 1.807) is 13.2 Å². The Kier molecular flexibility index (Phi) is 4.03. The Morgan fingerprint density at radius 1 is 1.00 bits per heavy atom. The normalized spacial score (nSPS) is 10.6. The Bertz CT molecular complexity index is 623. The van der Waals surface area contributed by atoms with Gasteiger partial charge in [0.15, 0.2) is 5.43 Å². The molecule has 4 nitrogen and oxygen atoms in total. The number of rotatable bonds is 4. The molecule has 0 saturated carbocycles. The molecular formula is C15H14O4. The summed E-state index contributed by atoms with van der Waals surface area (Å²) in [5.41, 5.74) is 0.823. The molecule has 4 heteroatoms. The molecule has 0 atom stereocenters. The van der Waals surface area contributed by atoms with Gasteiger partial charge >= 0.3 is 0 Å². The van der Waals surface area contributed by atoms with Crippen LogP contribution in [-0.2, 0) is 0 Å². The highest BCUT2D eigenvalue weighted by Crippen LogP contribution is 2.15. The third-order valence-electron chi connectivity index (χ3n) is 2.52. The van der Waals surface area contributed by atoms with Gasteiger partial charge in [-0.25, -0.2) is 0 Å². The first-order chi connectivity index (χ1) is 9.21. The summed E-state index contributed by atoms with van der Waals surface area (Å²) < 4.78 is 15.3. The van der Waals surface area contributed by atoms with E-state index in [2.05, 4.69) is 0 Å². The lowest BCUT2D eigenvalue weighted by molar-refractivity contribution is 0.294. The lowest BCUT2D eigenvalue weighted by Gasteiger charge is -2.00. The van der Waals surface area contributed by atoms with Crippen molar-refractivity contribution < 1.29 is 13.9 Å². The van der Waals surface area contributed by atoms with Crippen LogP contribution in [-0.4, -0.2) is 14.2 Å². The van der Waals surface area contributed by atoms with Gasteiger partial charge in [-0.3, -0.25) is 4.79 Å². The SMILES string of the molecule is COc1ccc(C=Cc2cc(=O)cc(OC)o2)cc1. The molecule has 0 aliphatic heterocycles. The van der Waals surface area contributed by atoms with Crippen molar-refractivity contribution in [3.63, 3.8) is 0 Å². The van der Waals surface area contributed by atoms with Gasteiger partial charge in [-0.15, -0.1) is 0 Å². The predicted octanol–water partition coefficient (Wildman–Crippen LogP) is 2.83. The molecule has 0 unspecified atom stereocenters. The van der Waals surface area contributed by atoms with Gasteiger partial charge in [0.05, 0.1) is 20.3 Å². The summed E-state index contributed by atoms with van der Waals surface area (Å²) in [6, 6.07) is 10.2. The van der Waals surface area contributed by atoms with Crippen molar-refractivity contribution in [3.8, 4) is 11.7 Å². The Morgan fingerprint density at radius 3 is 2.37 bits per heavy atom. The van der Waals surface area contributed by atoms with Crippen molar-refractivity contribution in [2.45, 2.75) is 0 Å². The lowest BCUT2D eigenvalue weighted by atomic mass is 10.2. The van der Waals surface area contributed by atoms with Crippen molar-refractivity contribution in [2.75, 3.05) is 14.2 Å². The summed E-state index contributed by atoms with van der Waals surface area (Å²) in [4.78, 5) is 11.4. The number of methoxy groups -OCH3 is 2. The van der Waals surface area contributed by atoms with E-state index >= 15 is 0 Å². The molecule has 0 saturated heterocycles. The first kappa shape index (κ1) is 13.0. The molecule has 98 valence electrons. The van der Waals surface area contributed by atoms with Gasteiger partial charge in [0.2, 0.25) is 0 Å². The van der Waals surface area contributed by atoms with Crippen LogP contribution in [0.3, 0.4) is 0 Å². The summed E-state index contributed by atoms with van der Waals surface area (Å²) in [6.07, 6.45) is 3.56. The fraction of sp³-hybridized carbons (Fsp3) is 0.133. The molecular weight excluding hydrogens is 244 g/mol. The second-order valence-corrected chi connectivity index (χ2v) is 3.83. The van der Waals surface area contributed by atoms with Gasteiger partial charge < -0.3 is 13.9 Å². The molecule has 19 heavy (non-hydrogen) atoms. The van der Waals surface area contributed by atoms with Gasteiger partial charge in [-0.05, 0) is 23.8 Å². The van der Waals surface area contributed by atoms with E-state index in [0.717, 1.165) is 11.3 Å². The zero-order valence-corrected chi connectivity index (χ0v) is 10.8. The number of hydrogen-bond donors (Lipinski definition) is 0. The maximum Gasteiger partial charge on any atom is 0.288 e. The molecule has 1 heterocycles. The first-order valence-corrected chi connectivity index (χ1v) is 5.72. The van der Waals surface area contributed by atoms with Crippen LogP contribution in [0, 0.1) is 0 Å². The first-order valence-electron chi connectivity index (χ1n) is 5.72. The third-order valence-corrected chi connectivity index (χ3v) is 2.52. The predicted molar refractivity (Wildman–Crippen MR) is 73.5 cm³/mol. The van der Waals surface area contributed by atoms with Crippen LogP contribution in [0.25, 0.3) is 12.2 Å². The van der Waals surface area contributed by atoms with Crippen molar-refractivity contribution in [2.24, 2.45) is 0 Å². The van der Waals surface area contributed by atoms with Crippen LogP contribution >= 0.6 is 0 Å². The van der Waals surface area contributed by atoms with E-state index in [1.807, 2.05) is 30.3 Å². The molecule has 1 aromatic heterocycles. The largest absolute Gasteiger partial charge is 0.497 e. The average molecular weight is 258 g/mol. The van der Waals surface area contributed by atoms with Crippen LogP contribution in [0.4, 0.5) is 0 Å². The fourth-order valence-electron chi connectivity index (χ4n) is 1.55. The van der Waals surface area contributed by atoms with E-state index in [4.69, 9.17) is 13.9 Å². The van der Waals surface area contributed by atoms with Gasteiger partial charge in [-0.1, -0.05) is 18.2 Å². The maximum atomic E-state index is 11.4. The highest BCUT2D eigenvalue weighted by Gasteiger charge is 1.99. The van der Waals surface area contributed by atoms with Crippen LogP contribution in [0.1, 0.15) is 11.3 Å². The molecule has 0 spiro atoms. The topological polar surface area (TPSA) is 48.7 Å². The second kappa shape index (κ2) is 5.91. The van der Waals surface area contributed by atoms with Crippen LogP contribution < -0.4 is 14.9 Å². The molecule has 0 bridgehead atoms. The van der Waals surface area contributed by atoms with Gasteiger partial charge in [0.1, 0.15) is 11.5 Å². The number of hydrogen-bond acceptors (Lipinski definition) is 4. The fourth-order valence-corrected chi connectivity index (χ4v) is 1.55.